The highest BCUT2D eigenvalue weighted by atomic mass is 19.1. The molecule has 0 aromatic heterocycles. The van der Waals surface area contributed by atoms with Crippen molar-refractivity contribution >= 4 is 11.5 Å². The smallest absolute Gasteiger partial charge is 0.265 e. The Morgan fingerprint density at radius 1 is 0.800 bits per heavy atom. The maximum atomic E-state index is 16.5. The Morgan fingerprint density at radius 2 is 1.30 bits per heavy atom. The number of benzene rings is 3. The fourth-order valence-corrected chi connectivity index (χ4v) is 3.84. The van der Waals surface area contributed by atoms with Crippen LogP contribution in [0.1, 0.15) is 23.1 Å². The van der Waals surface area contributed by atoms with Gasteiger partial charge in [0.15, 0.2) is 0 Å². The van der Waals surface area contributed by atoms with Crippen LogP contribution in [0.5, 0.6) is 0 Å². The quantitative estimate of drug-likeness (QED) is 0.502. The van der Waals surface area contributed by atoms with Crippen LogP contribution in [0, 0.1) is 0 Å². The molecule has 150 valence electrons. The lowest BCUT2D eigenvalue weighted by Gasteiger charge is -2.34. The van der Waals surface area contributed by atoms with E-state index in [0.717, 1.165) is 16.7 Å². The molecule has 0 aliphatic heterocycles. The van der Waals surface area contributed by atoms with Gasteiger partial charge < -0.3 is 4.90 Å². The number of hydrogen-bond donors (Lipinski definition) is 0. The molecule has 3 aromatic carbocycles. The zero-order valence-electron chi connectivity index (χ0n) is 16.7. The van der Waals surface area contributed by atoms with Crippen molar-refractivity contribution in [3.8, 4) is 0 Å². The van der Waals surface area contributed by atoms with Crippen LogP contribution in [0.25, 0.3) is 5.57 Å². The van der Waals surface area contributed by atoms with Gasteiger partial charge in [-0.15, -0.1) is 0 Å². The number of amides is 1. The lowest BCUT2D eigenvalue weighted by Crippen LogP contribution is -2.46. The molecule has 0 fully saturated rings. The van der Waals surface area contributed by atoms with Crippen molar-refractivity contribution in [3.63, 3.8) is 0 Å². The van der Waals surface area contributed by atoms with Gasteiger partial charge in [0.2, 0.25) is 5.67 Å². The number of carbonyl (C=O) groups excluding carboxylic acids is 1. The van der Waals surface area contributed by atoms with Crippen LogP contribution in [0.4, 0.5) is 4.39 Å². The third-order valence-corrected chi connectivity index (χ3v) is 5.37. The van der Waals surface area contributed by atoms with E-state index in [2.05, 4.69) is 0 Å². The summed E-state index contributed by atoms with van der Waals surface area (Å²) in [5.74, 6) is -0.505. The van der Waals surface area contributed by atoms with Crippen molar-refractivity contribution in [1.29, 1.82) is 0 Å². The summed E-state index contributed by atoms with van der Waals surface area (Å²) < 4.78 is 16.5. The summed E-state index contributed by atoms with van der Waals surface area (Å²) in [6, 6.07) is 28.8. The minimum Gasteiger partial charge on any atom is -0.331 e. The molecule has 4 rings (SSSR count). The molecule has 0 heterocycles. The molecule has 0 bridgehead atoms. The Morgan fingerprint density at radius 3 is 1.83 bits per heavy atom. The van der Waals surface area contributed by atoms with E-state index in [-0.39, 0.29) is 6.42 Å². The Bertz CT molecular complexity index is 1000. The summed E-state index contributed by atoms with van der Waals surface area (Å²) in [7, 11) is 0. The number of halogens is 1. The van der Waals surface area contributed by atoms with Gasteiger partial charge in [-0.05, 0) is 16.7 Å². The molecule has 30 heavy (non-hydrogen) atoms. The van der Waals surface area contributed by atoms with Crippen LogP contribution in [0.3, 0.4) is 0 Å². The van der Waals surface area contributed by atoms with Gasteiger partial charge in [-0.2, -0.15) is 0 Å². The molecular formula is C27H24FNO. The van der Waals surface area contributed by atoms with E-state index in [0.29, 0.717) is 18.7 Å². The highest BCUT2D eigenvalue weighted by Crippen LogP contribution is 2.39. The summed E-state index contributed by atoms with van der Waals surface area (Å²) in [5, 5.41) is 0. The third kappa shape index (κ3) is 4.25. The average Bonchev–Trinajstić information content (AvgIpc) is 2.80. The molecule has 1 unspecified atom stereocenters. The summed E-state index contributed by atoms with van der Waals surface area (Å²) in [6.45, 7) is 0.706. The monoisotopic (exact) mass is 397 g/mol. The summed E-state index contributed by atoms with van der Waals surface area (Å²) in [5.41, 5.74) is 1.00. The maximum Gasteiger partial charge on any atom is 0.265 e. The predicted octanol–water partition coefficient (Wildman–Crippen LogP) is 5.97. The Balaban J connectivity index is 1.69. The molecule has 3 heteroatoms. The van der Waals surface area contributed by atoms with Crippen molar-refractivity contribution in [2.75, 3.05) is 0 Å². The number of carbonyl (C=O) groups is 1. The van der Waals surface area contributed by atoms with Crippen LogP contribution >= 0.6 is 0 Å². The van der Waals surface area contributed by atoms with Gasteiger partial charge >= 0.3 is 0 Å². The van der Waals surface area contributed by atoms with E-state index in [4.69, 9.17) is 0 Å². The molecule has 0 radical (unpaired) electrons. The second-order valence-electron chi connectivity index (χ2n) is 7.51. The van der Waals surface area contributed by atoms with Gasteiger partial charge in [-0.1, -0.05) is 109 Å². The van der Waals surface area contributed by atoms with E-state index in [1.54, 1.807) is 17.1 Å². The standard InChI is InChI=1S/C27H24FNO/c28-27(19-11-10-18-25(27)24-16-8-3-9-17-24)26(30)29(20-22-12-4-1-5-13-22)21-23-14-6-2-7-15-23/h1-18H,19-21H2. The van der Waals surface area contributed by atoms with E-state index >= 15 is 4.39 Å². The first-order valence-electron chi connectivity index (χ1n) is 10.2. The summed E-state index contributed by atoms with van der Waals surface area (Å²) in [4.78, 5) is 15.3. The number of nitrogens with zero attached hydrogens (tertiary/aromatic N) is 1. The van der Waals surface area contributed by atoms with Gasteiger partial charge in [0, 0.05) is 25.1 Å². The molecule has 1 atom stereocenters. The fraction of sp³-hybridized carbons (Fsp3) is 0.148. The first-order chi connectivity index (χ1) is 14.7. The molecule has 0 saturated carbocycles. The molecule has 1 amide bonds. The molecule has 0 spiro atoms. The molecule has 3 aromatic rings. The topological polar surface area (TPSA) is 20.3 Å². The normalized spacial score (nSPS) is 18.0. The molecule has 0 saturated heterocycles. The van der Waals surface area contributed by atoms with Gasteiger partial charge in [-0.25, -0.2) is 4.39 Å². The van der Waals surface area contributed by atoms with Crippen LogP contribution in [0.15, 0.2) is 109 Å². The minimum absolute atomic E-state index is 0.0344. The first kappa shape index (κ1) is 19.8. The third-order valence-electron chi connectivity index (χ3n) is 5.37. The van der Waals surface area contributed by atoms with E-state index in [1.165, 1.54) is 0 Å². The van der Waals surface area contributed by atoms with Crippen molar-refractivity contribution in [2.24, 2.45) is 0 Å². The van der Waals surface area contributed by atoms with Crippen molar-refractivity contribution in [1.82, 2.24) is 4.90 Å². The largest absolute Gasteiger partial charge is 0.331 e. The number of allylic oxidation sites excluding steroid dienone is 3. The van der Waals surface area contributed by atoms with E-state index in [9.17, 15) is 4.79 Å². The lowest BCUT2D eigenvalue weighted by molar-refractivity contribution is -0.141. The molecule has 2 nitrogen and oxygen atoms in total. The second-order valence-corrected chi connectivity index (χ2v) is 7.51. The number of rotatable bonds is 6. The minimum atomic E-state index is -2.10. The lowest BCUT2D eigenvalue weighted by atomic mass is 9.82. The van der Waals surface area contributed by atoms with Gasteiger partial charge in [0.1, 0.15) is 0 Å². The second kappa shape index (κ2) is 8.91. The molecular weight excluding hydrogens is 373 g/mol. The molecule has 0 N–H and O–H groups in total. The van der Waals surface area contributed by atoms with Crippen molar-refractivity contribution in [2.45, 2.75) is 25.2 Å². The van der Waals surface area contributed by atoms with Gasteiger partial charge in [-0.3, -0.25) is 4.79 Å². The average molecular weight is 397 g/mol. The van der Waals surface area contributed by atoms with Gasteiger partial charge in [0.25, 0.3) is 5.91 Å². The van der Waals surface area contributed by atoms with Crippen molar-refractivity contribution < 1.29 is 9.18 Å². The molecule has 1 aliphatic rings. The fourth-order valence-electron chi connectivity index (χ4n) is 3.84. The van der Waals surface area contributed by atoms with Crippen LogP contribution < -0.4 is 0 Å². The highest BCUT2D eigenvalue weighted by Gasteiger charge is 2.45. The van der Waals surface area contributed by atoms with Crippen LogP contribution in [-0.2, 0) is 17.9 Å². The van der Waals surface area contributed by atoms with E-state index in [1.807, 2.05) is 97.1 Å². The zero-order valence-corrected chi connectivity index (χ0v) is 16.7. The Kier molecular flexibility index (Phi) is 5.89. The Labute approximate surface area is 177 Å². The van der Waals surface area contributed by atoms with Crippen LogP contribution in [-0.4, -0.2) is 16.5 Å². The van der Waals surface area contributed by atoms with Gasteiger partial charge in [0.05, 0.1) is 0 Å². The SMILES string of the molecule is O=C(N(Cc1ccccc1)Cc1ccccc1)C1(F)CC=CC=C1c1ccccc1. The number of alkyl halides is 1. The van der Waals surface area contributed by atoms with Crippen LogP contribution in [0.2, 0.25) is 0 Å². The maximum absolute atomic E-state index is 16.5. The van der Waals surface area contributed by atoms with E-state index < -0.39 is 11.6 Å². The molecule has 1 aliphatic carbocycles. The Hall–Kier alpha value is -3.46. The summed E-state index contributed by atoms with van der Waals surface area (Å²) in [6.07, 6.45) is 5.31. The highest BCUT2D eigenvalue weighted by molar-refractivity contribution is 6.00. The first-order valence-corrected chi connectivity index (χ1v) is 10.2. The summed E-state index contributed by atoms with van der Waals surface area (Å²) >= 11 is 0. The number of hydrogen-bond acceptors (Lipinski definition) is 1. The predicted molar refractivity (Wildman–Crippen MR) is 119 cm³/mol. The zero-order chi connectivity index (χ0) is 20.8. The van der Waals surface area contributed by atoms with Crippen molar-refractivity contribution in [3.05, 3.63) is 126 Å².